The fraction of sp³-hybridized carbons (Fsp3) is 0.412. The predicted molar refractivity (Wildman–Crippen MR) is 90.1 cm³/mol. The molecular weight excluding hydrogens is 369 g/mol. The molecule has 3 rings (SSSR count). The number of amides is 1. The van der Waals surface area contributed by atoms with Crippen LogP contribution in [0.2, 0.25) is 0 Å². The highest BCUT2D eigenvalue weighted by Crippen LogP contribution is 2.37. The monoisotopic (exact) mass is 386 g/mol. The first-order valence-corrected chi connectivity index (χ1v) is 8.83. The Morgan fingerprint density at radius 1 is 1.31 bits per heavy atom. The summed E-state index contributed by atoms with van der Waals surface area (Å²) in [5, 5.41) is 0.149. The maximum atomic E-state index is 12.8. The van der Waals surface area contributed by atoms with Gasteiger partial charge in [0.05, 0.1) is 12.8 Å². The van der Waals surface area contributed by atoms with E-state index in [1.165, 1.54) is 12.1 Å². The van der Waals surface area contributed by atoms with Crippen molar-refractivity contribution in [2.75, 3.05) is 19.8 Å². The zero-order valence-electron chi connectivity index (χ0n) is 13.7. The molecule has 2 heterocycles. The van der Waals surface area contributed by atoms with Crippen molar-refractivity contribution in [1.82, 2.24) is 4.98 Å². The highest BCUT2D eigenvalue weighted by Gasteiger charge is 2.33. The first-order chi connectivity index (χ1) is 12.3. The summed E-state index contributed by atoms with van der Waals surface area (Å²) in [5.41, 5.74) is 5.86. The highest BCUT2D eigenvalue weighted by atomic mass is 32.1. The third-order valence-corrected chi connectivity index (χ3v) is 5.14. The Labute approximate surface area is 151 Å². The van der Waals surface area contributed by atoms with E-state index in [-0.39, 0.29) is 10.6 Å². The molecule has 5 nitrogen and oxygen atoms in total. The van der Waals surface area contributed by atoms with Gasteiger partial charge < -0.3 is 15.2 Å². The molecule has 1 saturated heterocycles. The number of carbonyl (C=O) groups is 1. The molecule has 2 N–H and O–H groups in total. The number of benzene rings is 1. The molecule has 0 unspecified atom stereocenters. The fourth-order valence-electron chi connectivity index (χ4n) is 2.61. The molecule has 0 atom stereocenters. The minimum absolute atomic E-state index is 0.149. The van der Waals surface area contributed by atoms with E-state index >= 15 is 0 Å². The summed E-state index contributed by atoms with van der Waals surface area (Å²) in [6, 6.07) is 4.48. The third-order valence-electron chi connectivity index (χ3n) is 4.05. The smallest absolute Gasteiger partial charge is 0.427 e. The van der Waals surface area contributed by atoms with Gasteiger partial charge in [0.2, 0.25) is 5.91 Å². The van der Waals surface area contributed by atoms with Gasteiger partial charge in [-0.2, -0.15) is 13.2 Å². The topological polar surface area (TPSA) is 74.4 Å². The number of halogens is 3. The van der Waals surface area contributed by atoms with Crippen LogP contribution >= 0.6 is 11.3 Å². The van der Waals surface area contributed by atoms with Crippen LogP contribution in [0.1, 0.15) is 28.1 Å². The minimum atomic E-state index is -4.46. The van der Waals surface area contributed by atoms with Crippen LogP contribution in [0.15, 0.2) is 24.4 Å². The summed E-state index contributed by atoms with van der Waals surface area (Å²) < 4.78 is 49.4. The van der Waals surface area contributed by atoms with Crippen molar-refractivity contribution in [1.29, 1.82) is 0 Å². The standard InChI is InChI=1S/C17H17F3N2O3S/c18-17(19,20)14-8-22-16(26-14)12-5-11(15(21)23)6-13(7-12)25-9-10-1-3-24-4-2-10/h5-8,10H,1-4,9H2,(H2,21,23). The van der Waals surface area contributed by atoms with E-state index in [1.807, 2.05) is 0 Å². The summed E-state index contributed by atoms with van der Waals surface area (Å²) >= 11 is 0.508. The zero-order valence-corrected chi connectivity index (χ0v) is 14.5. The molecule has 26 heavy (non-hydrogen) atoms. The average molecular weight is 386 g/mol. The van der Waals surface area contributed by atoms with Crippen molar-refractivity contribution in [3.63, 3.8) is 0 Å². The van der Waals surface area contributed by atoms with Crippen LogP contribution in [0.4, 0.5) is 13.2 Å². The molecule has 140 valence electrons. The molecular formula is C17H17F3N2O3S. The zero-order chi connectivity index (χ0) is 18.7. The normalized spacial score (nSPS) is 15.8. The summed E-state index contributed by atoms with van der Waals surface area (Å²) in [6.07, 6.45) is -1.92. The van der Waals surface area contributed by atoms with Gasteiger partial charge in [-0.3, -0.25) is 4.79 Å². The van der Waals surface area contributed by atoms with Gasteiger partial charge in [-0.15, -0.1) is 11.3 Å². The predicted octanol–water partition coefficient (Wildman–Crippen LogP) is 3.73. The van der Waals surface area contributed by atoms with Crippen LogP contribution in [0.25, 0.3) is 10.6 Å². The van der Waals surface area contributed by atoms with Gasteiger partial charge in [0.25, 0.3) is 0 Å². The van der Waals surface area contributed by atoms with Crippen molar-refractivity contribution in [2.45, 2.75) is 19.0 Å². The number of rotatable bonds is 5. The van der Waals surface area contributed by atoms with Crippen LogP contribution in [0.5, 0.6) is 5.75 Å². The Morgan fingerprint density at radius 3 is 2.65 bits per heavy atom. The second-order valence-electron chi connectivity index (χ2n) is 6.00. The van der Waals surface area contributed by atoms with Crippen molar-refractivity contribution < 1.29 is 27.4 Å². The molecule has 1 aromatic carbocycles. The number of carbonyl (C=O) groups excluding carboxylic acids is 1. The highest BCUT2D eigenvalue weighted by molar-refractivity contribution is 7.15. The molecule has 1 aromatic heterocycles. The lowest BCUT2D eigenvalue weighted by atomic mass is 10.0. The van der Waals surface area contributed by atoms with Crippen molar-refractivity contribution in [2.24, 2.45) is 11.7 Å². The van der Waals surface area contributed by atoms with E-state index < -0.39 is 17.0 Å². The Hall–Kier alpha value is -2.13. The van der Waals surface area contributed by atoms with Gasteiger partial charge in [0.15, 0.2) is 0 Å². The lowest BCUT2D eigenvalue weighted by molar-refractivity contribution is -0.134. The van der Waals surface area contributed by atoms with Gasteiger partial charge in [0.1, 0.15) is 15.6 Å². The van der Waals surface area contributed by atoms with Gasteiger partial charge in [-0.25, -0.2) is 4.98 Å². The van der Waals surface area contributed by atoms with Crippen LogP contribution in [0.3, 0.4) is 0 Å². The summed E-state index contributed by atoms with van der Waals surface area (Å²) in [4.78, 5) is 14.6. The Morgan fingerprint density at radius 2 is 2.04 bits per heavy atom. The number of aromatic nitrogens is 1. The van der Waals surface area contributed by atoms with Crippen molar-refractivity contribution in [3.8, 4) is 16.3 Å². The Kier molecular flexibility index (Phi) is 5.47. The summed E-state index contributed by atoms with van der Waals surface area (Å²) in [6.45, 7) is 1.80. The molecule has 0 aliphatic carbocycles. The number of primary amides is 1. The average Bonchev–Trinajstić information content (AvgIpc) is 3.11. The quantitative estimate of drug-likeness (QED) is 0.850. The molecule has 0 saturated carbocycles. The molecule has 0 radical (unpaired) electrons. The lowest BCUT2D eigenvalue weighted by Gasteiger charge is -2.22. The first-order valence-electron chi connectivity index (χ1n) is 8.02. The number of thiazole rings is 1. The molecule has 1 aliphatic rings. The number of ether oxygens (including phenoxy) is 2. The maximum absolute atomic E-state index is 12.8. The van der Waals surface area contributed by atoms with Crippen LogP contribution < -0.4 is 10.5 Å². The van der Waals surface area contributed by atoms with Crippen molar-refractivity contribution >= 4 is 17.2 Å². The van der Waals surface area contributed by atoms with Gasteiger partial charge in [-0.05, 0) is 37.0 Å². The van der Waals surface area contributed by atoms with Gasteiger partial charge in [0, 0.05) is 24.3 Å². The van der Waals surface area contributed by atoms with E-state index in [1.54, 1.807) is 6.07 Å². The Balaban J connectivity index is 1.84. The molecule has 0 bridgehead atoms. The number of nitrogens with zero attached hydrogens (tertiary/aromatic N) is 1. The summed E-state index contributed by atoms with van der Waals surface area (Å²) in [7, 11) is 0. The lowest BCUT2D eigenvalue weighted by Crippen LogP contribution is -2.21. The molecule has 1 aliphatic heterocycles. The van der Waals surface area contributed by atoms with Gasteiger partial charge >= 0.3 is 6.18 Å². The number of alkyl halides is 3. The van der Waals surface area contributed by atoms with Crippen LogP contribution in [-0.2, 0) is 10.9 Å². The number of hydrogen-bond donors (Lipinski definition) is 1. The largest absolute Gasteiger partial charge is 0.493 e. The molecule has 9 heteroatoms. The molecule has 2 aromatic rings. The summed E-state index contributed by atoms with van der Waals surface area (Å²) in [5.74, 6) is 0.0306. The van der Waals surface area contributed by atoms with Crippen molar-refractivity contribution in [3.05, 3.63) is 34.8 Å². The van der Waals surface area contributed by atoms with E-state index in [0.717, 1.165) is 19.0 Å². The minimum Gasteiger partial charge on any atom is -0.493 e. The SMILES string of the molecule is NC(=O)c1cc(OCC2CCOCC2)cc(-c2ncc(C(F)(F)F)s2)c1. The van der Waals surface area contributed by atoms with Crippen LogP contribution in [-0.4, -0.2) is 30.7 Å². The number of hydrogen-bond acceptors (Lipinski definition) is 5. The van der Waals surface area contributed by atoms with E-state index in [0.29, 0.717) is 48.4 Å². The number of nitrogens with two attached hydrogens (primary N) is 1. The van der Waals surface area contributed by atoms with E-state index in [2.05, 4.69) is 4.98 Å². The van der Waals surface area contributed by atoms with Crippen LogP contribution in [0, 0.1) is 5.92 Å². The molecule has 0 spiro atoms. The third kappa shape index (κ3) is 4.53. The maximum Gasteiger partial charge on any atom is 0.427 e. The molecule has 1 fully saturated rings. The fourth-order valence-corrected chi connectivity index (χ4v) is 3.38. The first kappa shape index (κ1) is 18.7. The Bertz CT molecular complexity index is 786. The molecule has 1 amide bonds. The van der Waals surface area contributed by atoms with Gasteiger partial charge in [-0.1, -0.05) is 0 Å². The van der Waals surface area contributed by atoms with E-state index in [9.17, 15) is 18.0 Å². The van der Waals surface area contributed by atoms with E-state index in [4.69, 9.17) is 15.2 Å². The second kappa shape index (κ2) is 7.63. The second-order valence-corrected chi connectivity index (χ2v) is 7.04.